The lowest BCUT2D eigenvalue weighted by Crippen LogP contribution is -2.37. The fourth-order valence-corrected chi connectivity index (χ4v) is 2.28. The Balaban J connectivity index is 2.25. The molecular weight excluding hydrogens is 261 g/mol. The van der Waals surface area contributed by atoms with Gasteiger partial charge in [0.05, 0.1) is 22.7 Å². The van der Waals surface area contributed by atoms with Gasteiger partial charge >= 0.3 is 0 Å². The Morgan fingerprint density at radius 2 is 2.18 bits per heavy atom. The van der Waals surface area contributed by atoms with Crippen molar-refractivity contribution < 1.29 is 9.84 Å². The average molecular weight is 276 g/mol. The first-order chi connectivity index (χ1) is 8.22. The molecule has 17 heavy (non-hydrogen) atoms. The van der Waals surface area contributed by atoms with Crippen LogP contribution in [0, 0.1) is 0 Å². The number of aliphatic hydroxyl groups is 1. The molecule has 1 saturated heterocycles. The van der Waals surface area contributed by atoms with E-state index in [9.17, 15) is 5.11 Å². The van der Waals surface area contributed by atoms with Crippen molar-refractivity contribution in [1.29, 1.82) is 0 Å². The third-order valence-electron chi connectivity index (χ3n) is 2.86. The van der Waals surface area contributed by atoms with Crippen LogP contribution in [-0.2, 0) is 4.74 Å². The van der Waals surface area contributed by atoms with E-state index < -0.39 is 0 Å². The maximum Gasteiger partial charge on any atom is 0.100 e. The Hall–Kier alpha value is -0.320. The lowest BCUT2D eigenvalue weighted by atomic mass is 10.0. The van der Waals surface area contributed by atoms with E-state index in [1.807, 2.05) is 6.07 Å². The average Bonchev–Trinajstić information content (AvgIpc) is 2.57. The summed E-state index contributed by atoms with van der Waals surface area (Å²) in [6.45, 7) is 1.56. The minimum Gasteiger partial charge on any atom is -0.395 e. The summed E-state index contributed by atoms with van der Waals surface area (Å²) in [5.41, 5.74) is 0.938. The lowest BCUT2D eigenvalue weighted by Gasteiger charge is -2.24. The Kier molecular flexibility index (Phi) is 4.65. The zero-order chi connectivity index (χ0) is 12.3. The number of rotatable bonds is 2. The molecule has 0 aliphatic carbocycles. The molecule has 5 heteroatoms. The van der Waals surface area contributed by atoms with Gasteiger partial charge in [-0.05, 0) is 30.7 Å². The van der Waals surface area contributed by atoms with Crippen LogP contribution in [0.15, 0.2) is 18.2 Å². The number of benzene rings is 1. The smallest absolute Gasteiger partial charge is 0.100 e. The van der Waals surface area contributed by atoms with Crippen LogP contribution in [0.2, 0.25) is 10.0 Å². The number of aliphatic hydroxyl groups excluding tert-OH is 1. The van der Waals surface area contributed by atoms with Crippen LogP contribution >= 0.6 is 23.2 Å². The Morgan fingerprint density at radius 3 is 2.88 bits per heavy atom. The van der Waals surface area contributed by atoms with Gasteiger partial charge in [0.1, 0.15) is 6.10 Å². The summed E-state index contributed by atoms with van der Waals surface area (Å²) in [4.78, 5) is 0. The van der Waals surface area contributed by atoms with E-state index in [1.165, 1.54) is 0 Å². The fraction of sp³-hybridized carbons (Fsp3) is 0.500. The standard InChI is InChI=1S/C12H15Cl2NO2/c13-9-3-2-8(6-10(9)14)12-11(7-16)15-4-1-5-17-12/h2-3,6,11-12,15-16H,1,4-5,7H2/t11-,12?/m1/s1. The highest BCUT2D eigenvalue weighted by Crippen LogP contribution is 2.29. The number of ether oxygens (including phenoxy) is 1. The molecule has 2 rings (SSSR count). The van der Waals surface area contributed by atoms with E-state index in [2.05, 4.69) is 5.32 Å². The largest absolute Gasteiger partial charge is 0.395 e. The summed E-state index contributed by atoms with van der Waals surface area (Å²) in [6.07, 6.45) is 0.756. The van der Waals surface area contributed by atoms with Gasteiger partial charge in [0, 0.05) is 6.61 Å². The van der Waals surface area contributed by atoms with E-state index in [0.29, 0.717) is 16.7 Å². The summed E-state index contributed by atoms with van der Waals surface area (Å²) < 4.78 is 5.76. The van der Waals surface area contributed by atoms with Crippen LogP contribution in [0.4, 0.5) is 0 Å². The van der Waals surface area contributed by atoms with Gasteiger partial charge in [0.2, 0.25) is 0 Å². The van der Waals surface area contributed by atoms with Crippen molar-refractivity contribution in [2.45, 2.75) is 18.6 Å². The second-order valence-electron chi connectivity index (χ2n) is 4.06. The predicted octanol–water partition coefficient (Wildman–Crippen LogP) is 2.41. The SMILES string of the molecule is OC[C@H]1NCCCOC1c1ccc(Cl)c(Cl)c1. The molecule has 2 N–H and O–H groups in total. The quantitative estimate of drug-likeness (QED) is 0.871. The van der Waals surface area contributed by atoms with E-state index in [1.54, 1.807) is 12.1 Å². The van der Waals surface area contributed by atoms with E-state index in [4.69, 9.17) is 27.9 Å². The van der Waals surface area contributed by atoms with Gasteiger partial charge in [0.15, 0.2) is 0 Å². The van der Waals surface area contributed by atoms with Crippen molar-refractivity contribution in [1.82, 2.24) is 5.32 Å². The van der Waals surface area contributed by atoms with Gasteiger partial charge in [-0.3, -0.25) is 0 Å². The predicted molar refractivity (Wildman–Crippen MR) is 68.6 cm³/mol. The maximum absolute atomic E-state index is 9.37. The second-order valence-corrected chi connectivity index (χ2v) is 4.88. The van der Waals surface area contributed by atoms with Crippen molar-refractivity contribution in [2.24, 2.45) is 0 Å². The second kappa shape index (κ2) is 6.03. The third-order valence-corrected chi connectivity index (χ3v) is 3.60. The highest BCUT2D eigenvalue weighted by atomic mass is 35.5. The molecule has 0 aromatic heterocycles. The zero-order valence-corrected chi connectivity index (χ0v) is 10.8. The molecule has 1 fully saturated rings. The highest BCUT2D eigenvalue weighted by molar-refractivity contribution is 6.42. The van der Waals surface area contributed by atoms with Crippen LogP contribution in [0.3, 0.4) is 0 Å². The molecule has 1 heterocycles. The Morgan fingerprint density at radius 1 is 1.35 bits per heavy atom. The molecule has 0 saturated carbocycles. The molecule has 3 nitrogen and oxygen atoms in total. The molecule has 0 amide bonds. The van der Waals surface area contributed by atoms with E-state index in [0.717, 1.165) is 18.5 Å². The molecular formula is C12H15Cl2NO2. The lowest BCUT2D eigenvalue weighted by molar-refractivity contribution is 0.0262. The zero-order valence-electron chi connectivity index (χ0n) is 9.33. The first-order valence-electron chi connectivity index (χ1n) is 5.63. The number of hydrogen-bond donors (Lipinski definition) is 2. The topological polar surface area (TPSA) is 41.5 Å². The number of nitrogens with one attached hydrogen (secondary N) is 1. The molecule has 1 aromatic rings. The van der Waals surface area contributed by atoms with Gasteiger partial charge < -0.3 is 15.2 Å². The van der Waals surface area contributed by atoms with Gasteiger partial charge in [-0.15, -0.1) is 0 Å². The van der Waals surface area contributed by atoms with Crippen molar-refractivity contribution in [2.75, 3.05) is 19.8 Å². The van der Waals surface area contributed by atoms with Crippen molar-refractivity contribution in [3.05, 3.63) is 33.8 Å². The first-order valence-corrected chi connectivity index (χ1v) is 6.39. The molecule has 0 bridgehead atoms. The third kappa shape index (κ3) is 3.12. The summed E-state index contributed by atoms with van der Waals surface area (Å²) in [5, 5.41) is 13.7. The summed E-state index contributed by atoms with van der Waals surface area (Å²) in [5.74, 6) is 0. The van der Waals surface area contributed by atoms with Gasteiger partial charge in [-0.2, -0.15) is 0 Å². The Labute approximate surface area is 111 Å². The monoisotopic (exact) mass is 275 g/mol. The van der Waals surface area contributed by atoms with Crippen LogP contribution in [0.5, 0.6) is 0 Å². The number of halogens is 2. The molecule has 2 atom stereocenters. The van der Waals surface area contributed by atoms with Gasteiger partial charge in [0.25, 0.3) is 0 Å². The minimum absolute atomic E-state index is 0.0327. The van der Waals surface area contributed by atoms with Crippen molar-refractivity contribution in [3.8, 4) is 0 Å². The van der Waals surface area contributed by atoms with Crippen molar-refractivity contribution in [3.63, 3.8) is 0 Å². The molecule has 0 spiro atoms. The molecule has 1 aliphatic rings. The molecule has 1 aromatic carbocycles. The normalized spacial score (nSPS) is 25.6. The Bertz CT molecular complexity index is 387. The van der Waals surface area contributed by atoms with Crippen LogP contribution < -0.4 is 5.32 Å². The van der Waals surface area contributed by atoms with Gasteiger partial charge in [-0.1, -0.05) is 29.3 Å². The summed E-state index contributed by atoms with van der Waals surface area (Å²) >= 11 is 11.9. The molecule has 94 valence electrons. The van der Waals surface area contributed by atoms with E-state index in [-0.39, 0.29) is 18.8 Å². The van der Waals surface area contributed by atoms with Gasteiger partial charge in [-0.25, -0.2) is 0 Å². The first kappa shape index (κ1) is 13.1. The van der Waals surface area contributed by atoms with Crippen LogP contribution in [0.25, 0.3) is 0 Å². The van der Waals surface area contributed by atoms with E-state index >= 15 is 0 Å². The number of hydrogen-bond acceptors (Lipinski definition) is 3. The molecule has 1 aliphatic heterocycles. The molecule has 0 radical (unpaired) electrons. The summed E-state index contributed by atoms with van der Waals surface area (Å²) in [6, 6.07) is 5.33. The minimum atomic E-state index is -0.183. The maximum atomic E-state index is 9.37. The summed E-state index contributed by atoms with van der Waals surface area (Å²) in [7, 11) is 0. The molecule has 1 unspecified atom stereocenters. The van der Waals surface area contributed by atoms with Crippen molar-refractivity contribution >= 4 is 23.2 Å². The highest BCUT2D eigenvalue weighted by Gasteiger charge is 2.25. The van der Waals surface area contributed by atoms with Crippen LogP contribution in [0.1, 0.15) is 18.1 Å². The fourth-order valence-electron chi connectivity index (χ4n) is 1.97. The van der Waals surface area contributed by atoms with Crippen LogP contribution in [-0.4, -0.2) is 30.9 Å².